The molecule has 0 saturated carbocycles. The summed E-state index contributed by atoms with van der Waals surface area (Å²) in [6, 6.07) is 3.43. The van der Waals surface area contributed by atoms with Crippen LogP contribution in [0.15, 0.2) is 24.7 Å². The molecule has 0 aromatic carbocycles. The Hall–Kier alpha value is -1.56. The summed E-state index contributed by atoms with van der Waals surface area (Å²) in [6.07, 6.45) is 5.11. The Balaban J connectivity index is 2.13. The van der Waals surface area contributed by atoms with Crippen molar-refractivity contribution in [1.82, 2.24) is 14.6 Å². The predicted molar refractivity (Wildman–Crippen MR) is 66.2 cm³/mol. The molecule has 2 aromatic rings. The third-order valence-electron chi connectivity index (χ3n) is 2.24. The minimum atomic E-state index is -0.317. The number of thioether (sulfide) groups is 1. The van der Waals surface area contributed by atoms with Crippen LogP contribution in [0.3, 0.4) is 0 Å². The summed E-state index contributed by atoms with van der Waals surface area (Å²) in [6.45, 7) is 1.88. The molecular formula is C11H13N3O2S. The Morgan fingerprint density at radius 1 is 1.59 bits per heavy atom. The first-order chi connectivity index (χ1) is 8.20. The molecule has 2 aromatic heterocycles. The highest BCUT2D eigenvalue weighted by Gasteiger charge is 2.12. The molecule has 0 spiro atoms. The third-order valence-corrected chi connectivity index (χ3v) is 3.04. The van der Waals surface area contributed by atoms with Crippen molar-refractivity contribution >= 4 is 23.4 Å². The summed E-state index contributed by atoms with van der Waals surface area (Å²) in [4.78, 5) is 11.8. The van der Waals surface area contributed by atoms with Crippen LogP contribution < -0.4 is 0 Å². The van der Waals surface area contributed by atoms with Crippen molar-refractivity contribution in [2.45, 2.75) is 13.0 Å². The molecule has 0 radical (unpaired) electrons. The molecule has 0 saturated heterocycles. The molecule has 0 aliphatic heterocycles. The highest BCUT2D eigenvalue weighted by Crippen LogP contribution is 2.08. The number of rotatable bonds is 4. The van der Waals surface area contributed by atoms with E-state index in [9.17, 15) is 4.79 Å². The third kappa shape index (κ3) is 2.76. The van der Waals surface area contributed by atoms with Gasteiger partial charge >= 0.3 is 5.97 Å². The van der Waals surface area contributed by atoms with Gasteiger partial charge in [-0.15, -0.1) is 10.2 Å². The van der Waals surface area contributed by atoms with Crippen LogP contribution in [-0.2, 0) is 4.74 Å². The number of esters is 1. The van der Waals surface area contributed by atoms with Crippen LogP contribution in [0.1, 0.15) is 17.3 Å². The fourth-order valence-corrected chi connectivity index (χ4v) is 2.01. The molecule has 0 bridgehead atoms. The number of ether oxygens (including phenoxy) is 1. The van der Waals surface area contributed by atoms with Crippen LogP contribution in [-0.4, -0.2) is 38.7 Å². The van der Waals surface area contributed by atoms with Crippen LogP contribution in [0, 0.1) is 0 Å². The van der Waals surface area contributed by atoms with E-state index >= 15 is 0 Å². The quantitative estimate of drug-likeness (QED) is 0.773. The fourth-order valence-electron chi connectivity index (χ4n) is 1.47. The number of nitrogens with zero attached hydrogens (tertiary/aromatic N) is 3. The van der Waals surface area contributed by atoms with Gasteiger partial charge in [-0.05, 0) is 25.3 Å². The summed E-state index contributed by atoms with van der Waals surface area (Å²) in [5.41, 5.74) is 1.21. The zero-order valence-electron chi connectivity index (χ0n) is 9.66. The molecule has 6 heteroatoms. The molecule has 0 aliphatic rings. The van der Waals surface area contributed by atoms with Gasteiger partial charge in [0.05, 0.1) is 5.56 Å². The molecule has 2 heterocycles. The number of carbonyl (C=O) groups excluding carboxylic acids is 1. The minimum absolute atomic E-state index is 0.0888. The second kappa shape index (κ2) is 5.18. The Kier molecular flexibility index (Phi) is 3.63. The van der Waals surface area contributed by atoms with Crippen molar-refractivity contribution in [3.63, 3.8) is 0 Å². The number of aromatic nitrogens is 3. The van der Waals surface area contributed by atoms with Gasteiger partial charge in [0.2, 0.25) is 0 Å². The van der Waals surface area contributed by atoms with Crippen LogP contribution in [0.2, 0.25) is 0 Å². The minimum Gasteiger partial charge on any atom is -0.458 e. The van der Waals surface area contributed by atoms with Gasteiger partial charge in [-0.2, -0.15) is 11.8 Å². The van der Waals surface area contributed by atoms with Crippen molar-refractivity contribution in [2.75, 3.05) is 12.0 Å². The Labute approximate surface area is 103 Å². The van der Waals surface area contributed by atoms with E-state index in [1.807, 2.05) is 13.2 Å². The van der Waals surface area contributed by atoms with Crippen molar-refractivity contribution in [3.05, 3.63) is 30.2 Å². The first-order valence-corrected chi connectivity index (χ1v) is 6.59. The maximum Gasteiger partial charge on any atom is 0.339 e. The predicted octanol–water partition coefficient (Wildman–Crippen LogP) is 1.64. The van der Waals surface area contributed by atoms with Crippen LogP contribution in [0.25, 0.3) is 5.65 Å². The van der Waals surface area contributed by atoms with E-state index in [1.165, 1.54) is 0 Å². The summed E-state index contributed by atoms with van der Waals surface area (Å²) in [5.74, 6) is 0.475. The average Bonchev–Trinajstić information content (AvgIpc) is 2.75. The number of hydrogen-bond donors (Lipinski definition) is 0. The first kappa shape index (κ1) is 11.9. The molecule has 90 valence electrons. The van der Waals surface area contributed by atoms with Gasteiger partial charge in [0, 0.05) is 11.9 Å². The van der Waals surface area contributed by atoms with Crippen LogP contribution >= 0.6 is 11.8 Å². The topological polar surface area (TPSA) is 56.5 Å². The lowest BCUT2D eigenvalue weighted by atomic mass is 10.3. The van der Waals surface area contributed by atoms with Crippen LogP contribution in [0.5, 0.6) is 0 Å². The van der Waals surface area contributed by atoms with Crippen LogP contribution in [0.4, 0.5) is 0 Å². The van der Waals surface area contributed by atoms with Crippen molar-refractivity contribution in [2.24, 2.45) is 0 Å². The van der Waals surface area contributed by atoms with Crippen molar-refractivity contribution in [3.8, 4) is 0 Å². The summed E-state index contributed by atoms with van der Waals surface area (Å²) >= 11 is 1.65. The number of hydrogen-bond acceptors (Lipinski definition) is 5. The molecule has 0 N–H and O–H groups in total. The summed E-state index contributed by atoms with van der Waals surface area (Å²) < 4.78 is 6.98. The van der Waals surface area contributed by atoms with E-state index in [4.69, 9.17) is 4.74 Å². The van der Waals surface area contributed by atoms with E-state index < -0.39 is 0 Å². The number of fused-ring (bicyclic) bond motifs is 1. The van der Waals surface area contributed by atoms with Gasteiger partial charge < -0.3 is 4.74 Å². The standard InChI is InChI=1S/C11H13N3O2S/c1-8(6-17-2)16-11(15)9-3-4-10-13-12-7-14(10)5-9/h3-5,7-8H,6H2,1-2H3/t8-/m1/s1. The number of carbonyl (C=O) groups is 1. The van der Waals surface area contributed by atoms with Gasteiger partial charge in [-0.25, -0.2) is 4.79 Å². The van der Waals surface area contributed by atoms with E-state index in [-0.39, 0.29) is 12.1 Å². The normalized spacial score (nSPS) is 12.6. The van der Waals surface area contributed by atoms with E-state index in [0.29, 0.717) is 11.2 Å². The van der Waals surface area contributed by atoms with Gasteiger partial charge in [0.15, 0.2) is 5.65 Å². The molecule has 5 nitrogen and oxygen atoms in total. The van der Waals surface area contributed by atoms with Crippen molar-refractivity contribution in [1.29, 1.82) is 0 Å². The second-order valence-corrected chi connectivity index (χ2v) is 4.60. The lowest BCUT2D eigenvalue weighted by molar-refractivity contribution is 0.0385. The molecule has 17 heavy (non-hydrogen) atoms. The lowest BCUT2D eigenvalue weighted by Gasteiger charge is -2.11. The Bertz CT molecular complexity index is 526. The molecule has 0 aliphatic carbocycles. The smallest absolute Gasteiger partial charge is 0.339 e. The van der Waals surface area contributed by atoms with E-state index in [2.05, 4.69) is 10.2 Å². The summed E-state index contributed by atoms with van der Waals surface area (Å²) in [7, 11) is 0. The van der Waals surface area contributed by atoms with E-state index in [0.717, 1.165) is 5.75 Å². The molecular weight excluding hydrogens is 238 g/mol. The number of pyridine rings is 1. The Morgan fingerprint density at radius 3 is 3.18 bits per heavy atom. The molecule has 0 fully saturated rings. The highest BCUT2D eigenvalue weighted by atomic mass is 32.2. The first-order valence-electron chi connectivity index (χ1n) is 5.20. The average molecular weight is 251 g/mol. The zero-order chi connectivity index (χ0) is 12.3. The molecule has 0 amide bonds. The second-order valence-electron chi connectivity index (χ2n) is 3.69. The van der Waals surface area contributed by atoms with Gasteiger partial charge in [-0.1, -0.05) is 0 Å². The zero-order valence-corrected chi connectivity index (χ0v) is 10.5. The molecule has 1 atom stereocenters. The monoisotopic (exact) mass is 251 g/mol. The highest BCUT2D eigenvalue weighted by molar-refractivity contribution is 7.98. The SMILES string of the molecule is CSC[C@@H](C)OC(=O)c1ccc2nncn2c1. The van der Waals surface area contributed by atoms with Crippen molar-refractivity contribution < 1.29 is 9.53 Å². The molecule has 0 unspecified atom stereocenters. The maximum absolute atomic E-state index is 11.8. The maximum atomic E-state index is 11.8. The van der Waals surface area contributed by atoms with E-state index in [1.54, 1.807) is 40.8 Å². The fraction of sp³-hybridized carbons (Fsp3) is 0.364. The lowest BCUT2D eigenvalue weighted by Crippen LogP contribution is -2.17. The largest absolute Gasteiger partial charge is 0.458 e. The van der Waals surface area contributed by atoms with Gasteiger partial charge in [0.1, 0.15) is 12.4 Å². The summed E-state index contributed by atoms with van der Waals surface area (Å²) in [5, 5.41) is 7.62. The van der Waals surface area contributed by atoms with Gasteiger partial charge in [0.25, 0.3) is 0 Å². The molecule has 2 rings (SSSR count). The van der Waals surface area contributed by atoms with Gasteiger partial charge in [-0.3, -0.25) is 4.40 Å². The Morgan fingerprint density at radius 2 is 2.41 bits per heavy atom.